The van der Waals surface area contributed by atoms with Gasteiger partial charge in [-0.25, -0.2) is 4.39 Å². The molecule has 0 amide bonds. The van der Waals surface area contributed by atoms with Crippen LogP contribution in [-0.2, 0) is 6.54 Å². The van der Waals surface area contributed by atoms with Gasteiger partial charge in [0.1, 0.15) is 5.82 Å². The first-order chi connectivity index (χ1) is 7.79. The van der Waals surface area contributed by atoms with Crippen LogP contribution in [0.25, 0.3) is 11.1 Å². The highest BCUT2D eigenvalue weighted by molar-refractivity contribution is 5.61. The number of hydrogen-bond acceptors (Lipinski definition) is 2. The number of halogens is 1. The molecule has 1 aromatic heterocycles. The maximum Gasteiger partial charge on any atom is 0.123 e. The topological polar surface area (TPSA) is 38.0 Å². The summed E-state index contributed by atoms with van der Waals surface area (Å²) in [6.07, 6.45) is 4.22. The van der Waals surface area contributed by atoms with Crippen molar-refractivity contribution in [3.8, 4) is 11.1 Å². The minimum Gasteiger partial charge on any atom is -0.396 e. The van der Waals surface area contributed by atoms with E-state index in [0.29, 0.717) is 13.0 Å². The predicted molar refractivity (Wildman–Crippen MR) is 59.3 cm³/mol. The summed E-state index contributed by atoms with van der Waals surface area (Å²) in [7, 11) is 0. The number of aliphatic hydroxyl groups is 1. The molecule has 0 unspecified atom stereocenters. The van der Waals surface area contributed by atoms with Crippen molar-refractivity contribution in [2.45, 2.75) is 13.0 Å². The smallest absolute Gasteiger partial charge is 0.123 e. The normalized spacial score (nSPS) is 10.6. The minimum atomic E-state index is -0.249. The molecular weight excluding hydrogens is 207 g/mol. The van der Waals surface area contributed by atoms with Gasteiger partial charge in [-0.15, -0.1) is 0 Å². The number of aromatic nitrogens is 2. The van der Waals surface area contributed by atoms with E-state index in [-0.39, 0.29) is 12.4 Å². The van der Waals surface area contributed by atoms with Crippen LogP contribution in [0.5, 0.6) is 0 Å². The Morgan fingerprint density at radius 1 is 1.31 bits per heavy atom. The largest absolute Gasteiger partial charge is 0.396 e. The Hall–Kier alpha value is -1.68. The predicted octanol–water partition coefficient (Wildman–Crippen LogP) is 2.07. The number of aliphatic hydroxyl groups excluding tert-OH is 1. The van der Waals surface area contributed by atoms with Gasteiger partial charge >= 0.3 is 0 Å². The third-order valence-electron chi connectivity index (χ3n) is 2.34. The fourth-order valence-electron chi connectivity index (χ4n) is 1.54. The van der Waals surface area contributed by atoms with Gasteiger partial charge in [0.25, 0.3) is 0 Å². The zero-order chi connectivity index (χ0) is 11.4. The van der Waals surface area contributed by atoms with Crippen molar-refractivity contribution in [1.29, 1.82) is 0 Å². The third-order valence-corrected chi connectivity index (χ3v) is 2.34. The molecule has 0 bridgehead atoms. The van der Waals surface area contributed by atoms with E-state index in [1.807, 2.05) is 12.3 Å². The van der Waals surface area contributed by atoms with Crippen LogP contribution >= 0.6 is 0 Å². The fraction of sp³-hybridized carbons (Fsp3) is 0.250. The molecule has 1 heterocycles. The second-order valence-electron chi connectivity index (χ2n) is 3.58. The summed E-state index contributed by atoms with van der Waals surface area (Å²) in [5.74, 6) is -0.249. The van der Waals surface area contributed by atoms with Gasteiger partial charge in [0, 0.05) is 24.9 Å². The standard InChI is InChI=1S/C12H13FN2O/c13-12-4-1-3-10(7-12)11-8-14-15(9-11)5-2-6-16/h1,3-4,7-9,16H,2,5-6H2. The zero-order valence-corrected chi connectivity index (χ0v) is 8.81. The number of nitrogens with zero attached hydrogens (tertiary/aromatic N) is 2. The molecule has 0 aliphatic heterocycles. The van der Waals surface area contributed by atoms with Crippen molar-refractivity contribution < 1.29 is 9.50 Å². The summed E-state index contributed by atoms with van der Waals surface area (Å²) in [6.45, 7) is 0.820. The van der Waals surface area contributed by atoms with Crippen molar-refractivity contribution in [2.75, 3.05) is 6.61 Å². The van der Waals surface area contributed by atoms with E-state index in [9.17, 15) is 4.39 Å². The highest BCUT2D eigenvalue weighted by atomic mass is 19.1. The highest BCUT2D eigenvalue weighted by Crippen LogP contribution is 2.19. The molecule has 0 fully saturated rings. The van der Waals surface area contributed by atoms with Crippen molar-refractivity contribution >= 4 is 0 Å². The Morgan fingerprint density at radius 3 is 2.94 bits per heavy atom. The SMILES string of the molecule is OCCCn1cc(-c2cccc(F)c2)cn1. The van der Waals surface area contributed by atoms with Gasteiger partial charge in [0.15, 0.2) is 0 Å². The lowest BCUT2D eigenvalue weighted by Crippen LogP contribution is -1.99. The van der Waals surface area contributed by atoms with Gasteiger partial charge in [0.05, 0.1) is 6.20 Å². The van der Waals surface area contributed by atoms with E-state index < -0.39 is 0 Å². The van der Waals surface area contributed by atoms with Crippen LogP contribution in [0.1, 0.15) is 6.42 Å². The highest BCUT2D eigenvalue weighted by Gasteiger charge is 2.02. The summed E-state index contributed by atoms with van der Waals surface area (Å²) in [4.78, 5) is 0. The lowest BCUT2D eigenvalue weighted by atomic mass is 10.1. The molecular formula is C12H13FN2O. The Balaban J connectivity index is 2.18. The van der Waals surface area contributed by atoms with Gasteiger partial charge in [0.2, 0.25) is 0 Å². The fourth-order valence-corrected chi connectivity index (χ4v) is 1.54. The Morgan fingerprint density at radius 2 is 2.19 bits per heavy atom. The first kappa shape index (κ1) is 10.8. The molecule has 1 aromatic carbocycles. The zero-order valence-electron chi connectivity index (χ0n) is 8.81. The van der Waals surface area contributed by atoms with Crippen LogP contribution in [0.15, 0.2) is 36.7 Å². The second kappa shape index (κ2) is 4.90. The van der Waals surface area contributed by atoms with Crippen LogP contribution in [0.3, 0.4) is 0 Å². The quantitative estimate of drug-likeness (QED) is 0.856. The summed E-state index contributed by atoms with van der Waals surface area (Å²) in [5, 5.41) is 12.8. The second-order valence-corrected chi connectivity index (χ2v) is 3.58. The molecule has 84 valence electrons. The molecule has 2 aromatic rings. The average molecular weight is 220 g/mol. The lowest BCUT2D eigenvalue weighted by molar-refractivity contribution is 0.277. The molecule has 0 saturated heterocycles. The van der Waals surface area contributed by atoms with Crippen LogP contribution < -0.4 is 0 Å². The molecule has 16 heavy (non-hydrogen) atoms. The van der Waals surface area contributed by atoms with Crippen LogP contribution in [-0.4, -0.2) is 21.5 Å². The molecule has 2 rings (SSSR count). The summed E-state index contributed by atoms with van der Waals surface area (Å²) >= 11 is 0. The van der Waals surface area contributed by atoms with Gasteiger partial charge in [-0.1, -0.05) is 12.1 Å². The van der Waals surface area contributed by atoms with E-state index in [0.717, 1.165) is 11.1 Å². The van der Waals surface area contributed by atoms with Crippen molar-refractivity contribution in [3.63, 3.8) is 0 Å². The number of benzene rings is 1. The van der Waals surface area contributed by atoms with E-state index in [4.69, 9.17) is 5.11 Å². The molecule has 0 saturated carbocycles. The maximum absolute atomic E-state index is 13.0. The monoisotopic (exact) mass is 220 g/mol. The van der Waals surface area contributed by atoms with E-state index >= 15 is 0 Å². The number of hydrogen-bond donors (Lipinski definition) is 1. The Bertz CT molecular complexity index is 468. The minimum absolute atomic E-state index is 0.148. The van der Waals surface area contributed by atoms with Gasteiger partial charge in [-0.3, -0.25) is 4.68 Å². The summed E-state index contributed by atoms with van der Waals surface area (Å²) in [6, 6.07) is 6.42. The molecule has 0 aliphatic carbocycles. The number of rotatable bonds is 4. The third kappa shape index (κ3) is 2.46. The van der Waals surface area contributed by atoms with Gasteiger partial charge in [-0.05, 0) is 24.1 Å². The van der Waals surface area contributed by atoms with E-state index in [2.05, 4.69) is 5.10 Å². The molecule has 0 atom stereocenters. The van der Waals surface area contributed by atoms with E-state index in [1.165, 1.54) is 12.1 Å². The number of aryl methyl sites for hydroxylation is 1. The molecule has 0 radical (unpaired) electrons. The van der Waals surface area contributed by atoms with Crippen LogP contribution in [0.4, 0.5) is 4.39 Å². The average Bonchev–Trinajstić information content (AvgIpc) is 2.75. The Labute approximate surface area is 93.2 Å². The maximum atomic E-state index is 13.0. The lowest BCUT2D eigenvalue weighted by Gasteiger charge is -1.98. The van der Waals surface area contributed by atoms with Crippen LogP contribution in [0, 0.1) is 5.82 Å². The molecule has 3 nitrogen and oxygen atoms in total. The summed E-state index contributed by atoms with van der Waals surface area (Å²) in [5.41, 5.74) is 1.70. The molecule has 4 heteroatoms. The van der Waals surface area contributed by atoms with Crippen molar-refractivity contribution in [1.82, 2.24) is 9.78 Å². The van der Waals surface area contributed by atoms with Gasteiger partial charge < -0.3 is 5.11 Å². The van der Waals surface area contributed by atoms with Gasteiger partial charge in [-0.2, -0.15) is 5.10 Å². The van der Waals surface area contributed by atoms with E-state index in [1.54, 1.807) is 16.9 Å². The first-order valence-corrected chi connectivity index (χ1v) is 5.19. The van der Waals surface area contributed by atoms with Crippen molar-refractivity contribution in [2.24, 2.45) is 0 Å². The molecule has 0 spiro atoms. The molecule has 1 N–H and O–H groups in total. The Kier molecular flexibility index (Phi) is 3.31. The first-order valence-electron chi connectivity index (χ1n) is 5.19. The van der Waals surface area contributed by atoms with Crippen LogP contribution in [0.2, 0.25) is 0 Å². The summed E-state index contributed by atoms with van der Waals surface area (Å²) < 4.78 is 14.7. The molecule has 0 aliphatic rings. The van der Waals surface area contributed by atoms with Crippen molar-refractivity contribution in [3.05, 3.63) is 42.5 Å².